The van der Waals surface area contributed by atoms with E-state index in [-0.39, 0.29) is 5.91 Å². The van der Waals surface area contributed by atoms with Gasteiger partial charge in [-0.25, -0.2) is 5.43 Å². The Morgan fingerprint density at radius 3 is 2.94 bits per heavy atom. The van der Waals surface area contributed by atoms with Gasteiger partial charge in [0.15, 0.2) is 0 Å². The van der Waals surface area contributed by atoms with Gasteiger partial charge in [0.05, 0.1) is 6.21 Å². The van der Waals surface area contributed by atoms with Crippen LogP contribution in [0.25, 0.3) is 0 Å². The van der Waals surface area contributed by atoms with Crippen LogP contribution in [0.4, 0.5) is 0 Å². The highest BCUT2D eigenvalue weighted by Crippen LogP contribution is 2.07. The number of hydrazone groups is 1. The third kappa shape index (κ3) is 3.64. The average Bonchev–Trinajstić information content (AvgIpc) is 2.82. The molecule has 0 aliphatic heterocycles. The second kappa shape index (κ2) is 5.92. The van der Waals surface area contributed by atoms with E-state index in [4.69, 9.17) is 0 Å². The fourth-order valence-electron chi connectivity index (χ4n) is 1.21. The largest absolute Gasteiger partial charge is 0.271 e. The standard InChI is InChI=1S/C12H9IN2OS/c13-10-4-1-3-9(7-10)12(16)15-14-8-11-5-2-6-17-11/h1-8H,(H,15,16)/b14-8-. The van der Waals surface area contributed by atoms with Crippen molar-refractivity contribution < 1.29 is 4.79 Å². The van der Waals surface area contributed by atoms with Crippen molar-refractivity contribution in [1.29, 1.82) is 0 Å². The average molecular weight is 356 g/mol. The van der Waals surface area contributed by atoms with Crippen LogP contribution in [0.2, 0.25) is 0 Å². The predicted molar refractivity (Wildman–Crippen MR) is 78.5 cm³/mol. The molecule has 2 aromatic rings. The normalized spacial score (nSPS) is 10.6. The van der Waals surface area contributed by atoms with Crippen molar-refractivity contribution in [3.05, 3.63) is 55.8 Å². The number of carbonyl (C=O) groups excluding carboxylic acids is 1. The zero-order chi connectivity index (χ0) is 12.1. The lowest BCUT2D eigenvalue weighted by Gasteiger charge is -1.99. The summed E-state index contributed by atoms with van der Waals surface area (Å²) in [6, 6.07) is 11.2. The second-order valence-electron chi connectivity index (χ2n) is 3.22. The van der Waals surface area contributed by atoms with E-state index in [0.717, 1.165) is 8.45 Å². The molecule has 0 spiro atoms. The fourth-order valence-corrected chi connectivity index (χ4v) is 2.34. The molecule has 1 aromatic carbocycles. The van der Waals surface area contributed by atoms with E-state index in [9.17, 15) is 4.79 Å². The van der Waals surface area contributed by atoms with Crippen molar-refractivity contribution in [2.45, 2.75) is 0 Å². The smallest absolute Gasteiger partial charge is 0.267 e. The Morgan fingerprint density at radius 2 is 2.24 bits per heavy atom. The van der Waals surface area contributed by atoms with E-state index >= 15 is 0 Å². The summed E-state index contributed by atoms with van der Waals surface area (Å²) in [6.45, 7) is 0. The Labute approximate surface area is 117 Å². The van der Waals surface area contributed by atoms with Crippen LogP contribution in [0.3, 0.4) is 0 Å². The Balaban J connectivity index is 1.98. The van der Waals surface area contributed by atoms with Crippen LogP contribution in [0, 0.1) is 3.57 Å². The minimum Gasteiger partial charge on any atom is -0.267 e. The van der Waals surface area contributed by atoms with Gasteiger partial charge in [0.25, 0.3) is 5.91 Å². The van der Waals surface area contributed by atoms with Crippen LogP contribution in [-0.2, 0) is 0 Å². The highest BCUT2D eigenvalue weighted by Gasteiger charge is 2.03. The number of carbonyl (C=O) groups is 1. The lowest BCUT2D eigenvalue weighted by atomic mass is 10.2. The minimum absolute atomic E-state index is 0.198. The summed E-state index contributed by atoms with van der Waals surface area (Å²) >= 11 is 3.74. The van der Waals surface area contributed by atoms with Crippen molar-refractivity contribution in [3.8, 4) is 0 Å². The summed E-state index contributed by atoms with van der Waals surface area (Å²) in [6.07, 6.45) is 1.64. The minimum atomic E-state index is -0.198. The van der Waals surface area contributed by atoms with Crippen molar-refractivity contribution in [2.75, 3.05) is 0 Å². The summed E-state index contributed by atoms with van der Waals surface area (Å²) in [5.74, 6) is -0.198. The Hall–Kier alpha value is -1.21. The van der Waals surface area contributed by atoms with Gasteiger partial charge in [-0.15, -0.1) is 11.3 Å². The summed E-state index contributed by atoms with van der Waals surface area (Å²) in [5.41, 5.74) is 3.11. The molecule has 3 nitrogen and oxygen atoms in total. The molecular formula is C12H9IN2OS. The topological polar surface area (TPSA) is 41.5 Å². The third-order valence-corrected chi connectivity index (χ3v) is 3.47. The van der Waals surface area contributed by atoms with Crippen LogP contribution >= 0.6 is 33.9 Å². The van der Waals surface area contributed by atoms with E-state index in [1.807, 2.05) is 35.7 Å². The van der Waals surface area contributed by atoms with Gasteiger partial charge in [0.2, 0.25) is 0 Å². The van der Waals surface area contributed by atoms with E-state index < -0.39 is 0 Å². The second-order valence-corrected chi connectivity index (χ2v) is 5.45. The number of hydrogen-bond acceptors (Lipinski definition) is 3. The molecule has 1 amide bonds. The Morgan fingerprint density at radius 1 is 1.35 bits per heavy atom. The van der Waals surface area contributed by atoms with Gasteiger partial charge in [0.1, 0.15) is 0 Å². The first-order valence-electron chi connectivity index (χ1n) is 4.88. The van der Waals surface area contributed by atoms with Gasteiger partial charge in [-0.05, 0) is 52.2 Å². The molecule has 1 N–H and O–H groups in total. The highest BCUT2D eigenvalue weighted by molar-refractivity contribution is 14.1. The molecule has 0 saturated heterocycles. The van der Waals surface area contributed by atoms with Crippen LogP contribution in [-0.4, -0.2) is 12.1 Å². The van der Waals surface area contributed by atoms with E-state index in [1.165, 1.54) is 0 Å². The first-order valence-corrected chi connectivity index (χ1v) is 6.84. The number of amides is 1. The van der Waals surface area contributed by atoms with Gasteiger partial charge in [-0.2, -0.15) is 5.10 Å². The molecule has 0 unspecified atom stereocenters. The van der Waals surface area contributed by atoms with Crippen molar-refractivity contribution >= 4 is 46.0 Å². The quantitative estimate of drug-likeness (QED) is 0.513. The number of nitrogens with zero attached hydrogens (tertiary/aromatic N) is 1. The molecule has 2 rings (SSSR count). The van der Waals surface area contributed by atoms with Crippen molar-refractivity contribution in [2.24, 2.45) is 5.10 Å². The van der Waals surface area contributed by atoms with Crippen LogP contribution in [0.15, 0.2) is 46.9 Å². The Kier molecular flexibility index (Phi) is 4.27. The molecule has 0 atom stereocenters. The first kappa shape index (κ1) is 12.3. The number of rotatable bonds is 3. The van der Waals surface area contributed by atoms with E-state index in [1.54, 1.807) is 23.6 Å². The van der Waals surface area contributed by atoms with Gasteiger partial charge in [-0.3, -0.25) is 4.79 Å². The van der Waals surface area contributed by atoms with Crippen molar-refractivity contribution in [3.63, 3.8) is 0 Å². The fraction of sp³-hybridized carbons (Fsp3) is 0. The maximum absolute atomic E-state index is 11.7. The van der Waals surface area contributed by atoms with Crippen molar-refractivity contribution in [1.82, 2.24) is 5.43 Å². The maximum Gasteiger partial charge on any atom is 0.271 e. The molecule has 0 radical (unpaired) electrons. The molecule has 1 heterocycles. The molecule has 86 valence electrons. The predicted octanol–water partition coefficient (Wildman–Crippen LogP) is 3.12. The number of halogens is 1. The van der Waals surface area contributed by atoms with Crippen LogP contribution in [0.1, 0.15) is 15.2 Å². The summed E-state index contributed by atoms with van der Waals surface area (Å²) in [5, 5.41) is 5.86. The van der Waals surface area contributed by atoms with Gasteiger partial charge < -0.3 is 0 Å². The molecule has 5 heteroatoms. The SMILES string of the molecule is O=C(N/N=C\c1cccs1)c1cccc(I)c1. The molecule has 0 saturated carbocycles. The molecule has 0 fully saturated rings. The molecule has 0 aliphatic carbocycles. The van der Waals surface area contributed by atoms with E-state index in [0.29, 0.717) is 5.56 Å². The Bertz CT molecular complexity index is 537. The monoisotopic (exact) mass is 356 g/mol. The summed E-state index contributed by atoms with van der Waals surface area (Å²) < 4.78 is 1.03. The highest BCUT2D eigenvalue weighted by atomic mass is 127. The molecular weight excluding hydrogens is 347 g/mol. The van der Waals surface area contributed by atoms with Gasteiger partial charge in [0, 0.05) is 14.0 Å². The lowest BCUT2D eigenvalue weighted by molar-refractivity contribution is 0.0955. The van der Waals surface area contributed by atoms with Gasteiger partial charge in [-0.1, -0.05) is 12.1 Å². The molecule has 0 aliphatic rings. The van der Waals surface area contributed by atoms with E-state index in [2.05, 4.69) is 33.1 Å². The number of nitrogens with one attached hydrogen (secondary N) is 1. The molecule has 0 bridgehead atoms. The van der Waals surface area contributed by atoms with Gasteiger partial charge >= 0.3 is 0 Å². The number of hydrogen-bond donors (Lipinski definition) is 1. The lowest BCUT2D eigenvalue weighted by Crippen LogP contribution is -2.17. The summed E-state index contributed by atoms with van der Waals surface area (Å²) in [4.78, 5) is 12.7. The van der Waals surface area contributed by atoms with Crippen LogP contribution < -0.4 is 5.43 Å². The third-order valence-electron chi connectivity index (χ3n) is 1.99. The molecule has 17 heavy (non-hydrogen) atoms. The molecule has 1 aromatic heterocycles. The number of benzene rings is 1. The zero-order valence-electron chi connectivity index (χ0n) is 8.76. The number of thiophene rings is 1. The first-order chi connectivity index (χ1) is 8.25. The summed E-state index contributed by atoms with van der Waals surface area (Å²) in [7, 11) is 0. The zero-order valence-corrected chi connectivity index (χ0v) is 11.7. The maximum atomic E-state index is 11.7. The van der Waals surface area contributed by atoms with Crippen LogP contribution in [0.5, 0.6) is 0 Å².